The van der Waals surface area contributed by atoms with Gasteiger partial charge >= 0.3 is 0 Å². The summed E-state index contributed by atoms with van der Waals surface area (Å²) >= 11 is 7.51. The van der Waals surface area contributed by atoms with Crippen LogP contribution in [0.2, 0.25) is 5.02 Å². The highest BCUT2D eigenvalue weighted by Gasteiger charge is 2.03. The molecule has 0 heterocycles. The van der Waals surface area contributed by atoms with E-state index in [4.69, 9.17) is 16.7 Å². The summed E-state index contributed by atoms with van der Waals surface area (Å²) in [5, 5.41) is 12.5. The lowest BCUT2D eigenvalue weighted by Gasteiger charge is -2.06. The highest BCUT2D eigenvalue weighted by atomic mass is 35.5. The number of rotatable bonds is 6. The summed E-state index contributed by atoms with van der Waals surface area (Å²) in [6.45, 7) is 1.87. The van der Waals surface area contributed by atoms with Crippen LogP contribution in [-0.4, -0.2) is 23.7 Å². The maximum Gasteiger partial charge on any atom is 0.244 e. The molecule has 0 aromatic heterocycles. The van der Waals surface area contributed by atoms with Gasteiger partial charge in [-0.25, -0.2) is 0 Å². The second-order valence-electron chi connectivity index (χ2n) is 5.02. The lowest BCUT2D eigenvalue weighted by Crippen LogP contribution is -2.28. The molecule has 0 aliphatic carbocycles. The number of amides is 1. The van der Waals surface area contributed by atoms with Crippen LogP contribution in [0.25, 0.3) is 6.08 Å². The van der Waals surface area contributed by atoms with E-state index in [0.717, 1.165) is 15.4 Å². The van der Waals surface area contributed by atoms with E-state index in [2.05, 4.69) is 5.32 Å². The van der Waals surface area contributed by atoms with Crippen molar-refractivity contribution in [3.63, 3.8) is 0 Å². The second-order valence-corrected chi connectivity index (χ2v) is 6.57. The Morgan fingerprint density at radius 1 is 1.26 bits per heavy atom. The number of hydrogen-bond acceptors (Lipinski definition) is 3. The highest BCUT2D eigenvalue weighted by Crippen LogP contribution is 2.31. The molecule has 1 atom stereocenters. The first-order valence-electron chi connectivity index (χ1n) is 7.21. The summed E-state index contributed by atoms with van der Waals surface area (Å²) in [6.07, 6.45) is 2.69. The molecule has 1 amide bonds. The third kappa shape index (κ3) is 6.10. The summed E-state index contributed by atoms with van der Waals surface area (Å²) in [6, 6.07) is 15.5. The predicted octanol–water partition coefficient (Wildman–Crippen LogP) is 4.00. The minimum atomic E-state index is -0.555. The highest BCUT2D eigenvalue weighted by molar-refractivity contribution is 7.99. The predicted molar refractivity (Wildman–Crippen MR) is 95.7 cm³/mol. The Morgan fingerprint density at radius 2 is 1.96 bits per heavy atom. The van der Waals surface area contributed by atoms with Gasteiger partial charge in [0.25, 0.3) is 0 Å². The lowest BCUT2D eigenvalue weighted by molar-refractivity contribution is -0.116. The number of halogens is 1. The molecule has 5 heteroatoms. The molecule has 0 saturated heterocycles. The summed E-state index contributed by atoms with van der Waals surface area (Å²) in [7, 11) is 0. The van der Waals surface area contributed by atoms with E-state index in [1.165, 1.54) is 6.08 Å². The molecule has 120 valence electrons. The van der Waals surface area contributed by atoms with Crippen LogP contribution in [0.3, 0.4) is 0 Å². The normalized spacial score (nSPS) is 12.3. The van der Waals surface area contributed by atoms with Gasteiger partial charge in [-0.2, -0.15) is 0 Å². The van der Waals surface area contributed by atoms with E-state index in [1.807, 2.05) is 48.5 Å². The van der Waals surface area contributed by atoms with Crippen LogP contribution in [0.5, 0.6) is 0 Å². The molecule has 2 N–H and O–H groups in total. The molecule has 0 aliphatic rings. The number of hydrogen-bond donors (Lipinski definition) is 2. The second kappa shape index (κ2) is 8.77. The molecule has 0 bridgehead atoms. The van der Waals surface area contributed by atoms with Crippen LogP contribution in [0.4, 0.5) is 0 Å². The minimum Gasteiger partial charge on any atom is -0.392 e. The van der Waals surface area contributed by atoms with Crippen molar-refractivity contribution in [1.82, 2.24) is 5.32 Å². The average Bonchev–Trinajstić information content (AvgIpc) is 2.54. The first-order chi connectivity index (χ1) is 11.0. The van der Waals surface area contributed by atoms with E-state index in [1.54, 1.807) is 24.8 Å². The Bertz CT molecular complexity index is 684. The molecule has 0 saturated carbocycles. The third-order valence-corrected chi connectivity index (χ3v) is 4.30. The van der Waals surface area contributed by atoms with Gasteiger partial charge in [0.05, 0.1) is 6.10 Å². The standard InChI is InChI=1S/C18H18ClNO2S/c1-13(21)12-20-18(22)11-6-14-4-2-3-5-17(14)23-16-9-7-15(19)8-10-16/h2-11,13,21H,12H2,1H3,(H,20,22)/b11-6+. The summed E-state index contributed by atoms with van der Waals surface area (Å²) in [5.74, 6) is -0.225. The number of benzene rings is 2. The van der Waals surface area contributed by atoms with Gasteiger partial charge in [-0.3, -0.25) is 4.79 Å². The number of aliphatic hydroxyl groups excluding tert-OH is 1. The zero-order chi connectivity index (χ0) is 16.7. The van der Waals surface area contributed by atoms with Crippen LogP contribution < -0.4 is 5.32 Å². The smallest absolute Gasteiger partial charge is 0.244 e. The van der Waals surface area contributed by atoms with Crippen molar-refractivity contribution in [3.8, 4) is 0 Å². The van der Waals surface area contributed by atoms with E-state index >= 15 is 0 Å². The molecule has 0 aliphatic heterocycles. The molecule has 23 heavy (non-hydrogen) atoms. The third-order valence-electron chi connectivity index (χ3n) is 2.95. The first kappa shape index (κ1) is 17.6. The van der Waals surface area contributed by atoms with E-state index in [0.29, 0.717) is 5.02 Å². The van der Waals surface area contributed by atoms with Gasteiger partial charge in [-0.15, -0.1) is 0 Å². The number of carbonyl (C=O) groups is 1. The van der Waals surface area contributed by atoms with E-state index < -0.39 is 6.10 Å². The van der Waals surface area contributed by atoms with Crippen molar-refractivity contribution in [2.75, 3.05) is 6.54 Å². The quantitative estimate of drug-likeness (QED) is 0.776. The molecule has 2 rings (SSSR count). The number of carbonyl (C=O) groups excluding carboxylic acids is 1. The molecule has 0 fully saturated rings. The van der Waals surface area contributed by atoms with Gasteiger partial charge < -0.3 is 10.4 Å². The minimum absolute atomic E-state index is 0.225. The Balaban J connectivity index is 2.08. The maximum atomic E-state index is 11.7. The van der Waals surface area contributed by atoms with Crippen molar-refractivity contribution in [1.29, 1.82) is 0 Å². The van der Waals surface area contributed by atoms with Gasteiger partial charge in [-0.1, -0.05) is 41.6 Å². The molecule has 3 nitrogen and oxygen atoms in total. The van der Waals surface area contributed by atoms with Crippen LogP contribution in [0.1, 0.15) is 12.5 Å². The fourth-order valence-electron chi connectivity index (χ4n) is 1.81. The van der Waals surface area contributed by atoms with Gasteiger partial charge in [0.15, 0.2) is 0 Å². The van der Waals surface area contributed by atoms with Crippen molar-refractivity contribution in [3.05, 3.63) is 65.2 Å². The molecule has 2 aromatic carbocycles. The van der Waals surface area contributed by atoms with Crippen molar-refractivity contribution >= 4 is 35.3 Å². The Kier molecular flexibility index (Phi) is 6.71. The van der Waals surface area contributed by atoms with E-state index in [9.17, 15) is 4.79 Å². The molecule has 0 radical (unpaired) electrons. The summed E-state index contributed by atoms with van der Waals surface area (Å²) in [4.78, 5) is 13.8. The fraction of sp³-hybridized carbons (Fsp3) is 0.167. The Morgan fingerprint density at radius 3 is 2.65 bits per heavy atom. The van der Waals surface area contributed by atoms with Crippen molar-refractivity contribution < 1.29 is 9.90 Å². The lowest BCUT2D eigenvalue weighted by atomic mass is 10.2. The first-order valence-corrected chi connectivity index (χ1v) is 8.40. The van der Waals surface area contributed by atoms with E-state index in [-0.39, 0.29) is 12.5 Å². The summed E-state index contributed by atoms with van der Waals surface area (Å²) in [5.41, 5.74) is 0.958. The van der Waals surface area contributed by atoms with Crippen LogP contribution in [0, 0.1) is 0 Å². The molecule has 1 unspecified atom stereocenters. The maximum absolute atomic E-state index is 11.7. The average molecular weight is 348 g/mol. The SMILES string of the molecule is CC(O)CNC(=O)/C=C/c1ccccc1Sc1ccc(Cl)cc1. The summed E-state index contributed by atoms with van der Waals surface area (Å²) < 4.78 is 0. The zero-order valence-electron chi connectivity index (χ0n) is 12.7. The largest absolute Gasteiger partial charge is 0.392 e. The van der Waals surface area contributed by atoms with Gasteiger partial charge in [0, 0.05) is 27.4 Å². The molecular formula is C18H18ClNO2S. The molecular weight excluding hydrogens is 330 g/mol. The topological polar surface area (TPSA) is 49.3 Å². The molecule has 0 spiro atoms. The van der Waals surface area contributed by atoms with Crippen LogP contribution in [0.15, 0.2) is 64.4 Å². The number of aliphatic hydroxyl groups is 1. The monoisotopic (exact) mass is 347 g/mol. The van der Waals surface area contributed by atoms with Crippen LogP contribution in [-0.2, 0) is 4.79 Å². The van der Waals surface area contributed by atoms with Crippen molar-refractivity contribution in [2.24, 2.45) is 0 Å². The van der Waals surface area contributed by atoms with Crippen molar-refractivity contribution in [2.45, 2.75) is 22.8 Å². The van der Waals surface area contributed by atoms with Crippen LogP contribution >= 0.6 is 23.4 Å². The fourth-order valence-corrected chi connectivity index (χ4v) is 2.87. The van der Waals surface area contributed by atoms with Gasteiger partial charge in [0.1, 0.15) is 0 Å². The Hall–Kier alpha value is -1.75. The Labute approximate surface area is 145 Å². The molecule has 2 aromatic rings. The van der Waals surface area contributed by atoms with Gasteiger partial charge in [-0.05, 0) is 48.9 Å². The number of nitrogens with one attached hydrogen (secondary N) is 1. The van der Waals surface area contributed by atoms with Gasteiger partial charge in [0.2, 0.25) is 5.91 Å². The zero-order valence-corrected chi connectivity index (χ0v) is 14.3.